The molecule has 0 amide bonds. The Hall–Kier alpha value is -0.740. The molecule has 3 nitrogen and oxygen atoms in total. The molecule has 0 spiro atoms. The molecule has 0 radical (unpaired) electrons. The summed E-state index contributed by atoms with van der Waals surface area (Å²) in [5, 5.41) is 1.48. The van der Waals surface area contributed by atoms with Crippen LogP contribution in [0.5, 0.6) is 0 Å². The van der Waals surface area contributed by atoms with Crippen molar-refractivity contribution in [2.75, 3.05) is 24.7 Å². The molecule has 0 saturated heterocycles. The summed E-state index contributed by atoms with van der Waals surface area (Å²) in [7, 11) is 1.79. The van der Waals surface area contributed by atoms with Gasteiger partial charge >= 0.3 is 0 Å². The molecule has 0 aromatic carbocycles. The van der Waals surface area contributed by atoms with Gasteiger partial charge in [-0.2, -0.15) is 0 Å². The summed E-state index contributed by atoms with van der Waals surface area (Å²) in [5.74, 6) is 0. The molecule has 0 bridgehead atoms. The van der Waals surface area contributed by atoms with Crippen LogP contribution >= 0.6 is 23.4 Å². The smallest absolute Gasteiger partial charge is 0.163 e. The zero-order valence-corrected chi connectivity index (χ0v) is 10.6. The van der Waals surface area contributed by atoms with Crippen molar-refractivity contribution in [1.82, 2.24) is 4.98 Å². The first-order chi connectivity index (χ1) is 7.22. The highest BCUT2D eigenvalue weighted by atomic mass is 35.5. The van der Waals surface area contributed by atoms with Crippen LogP contribution in [0.25, 0.3) is 0 Å². The average Bonchev–Trinajstić information content (AvgIpc) is 2.27. The Morgan fingerprint density at radius 2 is 2.33 bits per heavy atom. The molecule has 0 fully saturated rings. The quantitative estimate of drug-likeness (QED) is 0.454. The van der Waals surface area contributed by atoms with Gasteiger partial charge in [0.25, 0.3) is 0 Å². The number of thioether (sulfide) groups is 1. The third-order valence-electron chi connectivity index (χ3n) is 1.94. The van der Waals surface area contributed by atoms with Gasteiger partial charge in [0.05, 0.1) is 11.9 Å². The highest BCUT2D eigenvalue weighted by Crippen LogP contribution is 2.18. The summed E-state index contributed by atoms with van der Waals surface area (Å²) < 4.78 is 0. The van der Waals surface area contributed by atoms with Crippen LogP contribution in [-0.2, 0) is 0 Å². The molecule has 1 aromatic heterocycles. The maximum Gasteiger partial charge on any atom is 0.163 e. The number of hydrogen-bond acceptors (Lipinski definition) is 3. The Morgan fingerprint density at radius 3 is 2.73 bits per heavy atom. The second kappa shape index (κ2) is 5.98. The summed E-state index contributed by atoms with van der Waals surface area (Å²) in [4.78, 5) is 10.4. The fourth-order valence-corrected chi connectivity index (χ4v) is 2.03. The van der Waals surface area contributed by atoms with E-state index < -0.39 is 0 Å². The van der Waals surface area contributed by atoms with Gasteiger partial charge in [0.2, 0.25) is 0 Å². The second-order valence-corrected chi connectivity index (χ2v) is 3.95. The second-order valence-electron chi connectivity index (χ2n) is 2.79. The highest BCUT2D eigenvalue weighted by molar-refractivity contribution is 8.13. The molecular formula is C10H14ClN3S. The predicted octanol–water partition coefficient (Wildman–Crippen LogP) is 2.91. The summed E-state index contributed by atoms with van der Waals surface area (Å²) in [6.45, 7) is 2.94. The first kappa shape index (κ1) is 12.3. The number of halogens is 1. The molecular weight excluding hydrogens is 230 g/mol. The van der Waals surface area contributed by atoms with Crippen molar-refractivity contribution < 1.29 is 0 Å². The number of anilines is 1. The lowest BCUT2D eigenvalue weighted by atomic mass is 10.4. The van der Waals surface area contributed by atoms with Gasteiger partial charge in [0, 0.05) is 13.6 Å². The standard InChI is InChI=1S/C10H14ClN3S/c1-4-14(10(12-2)15-3)8-5-6-9(11)13-7-8/h5-7H,4H2,1-3H3/b12-10-. The lowest BCUT2D eigenvalue weighted by molar-refractivity contribution is 1.05. The molecule has 1 aromatic rings. The van der Waals surface area contributed by atoms with Gasteiger partial charge in [-0.15, -0.1) is 0 Å². The maximum atomic E-state index is 5.74. The van der Waals surface area contributed by atoms with Crippen LogP contribution in [0.1, 0.15) is 6.92 Å². The maximum absolute atomic E-state index is 5.74. The van der Waals surface area contributed by atoms with Crippen LogP contribution in [0.3, 0.4) is 0 Å². The number of aromatic nitrogens is 1. The number of nitrogens with zero attached hydrogens (tertiary/aromatic N) is 3. The van der Waals surface area contributed by atoms with Crippen molar-refractivity contribution in [1.29, 1.82) is 0 Å². The van der Waals surface area contributed by atoms with Gasteiger partial charge in [-0.3, -0.25) is 4.99 Å². The summed E-state index contributed by atoms with van der Waals surface area (Å²) in [6, 6.07) is 3.73. The van der Waals surface area contributed by atoms with Crippen LogP contribution in [0, 0.1) is 0 Å². The Kier molecular flexibility index (Phi) is 4.91. The fraction of sp³-hybridized carbons (Fsp3) is 0.400. The number of pyridine rings is 1. The zero-order valence-electron chi connectivity index (χ0n) is 9.07. The van der Waals surface area contributed by atoms with E-state index in [0.29, 0.717) is 5.15 Å². The molecule has 0 atom stereocenters. The van der Waals surface area contributed by atoms with Crippen molar-refractivity contribution in [3.8, 4) is 0 Å². The topological polar surface area (TPSA) is 28.5 Å². The fourth-order valence-electron chi connectivity index (χ4n) is 1.28. The van der Waals surface area contributed by atoms with E-state index in [9.17, 15) is 0 Å². The average molecular weight is 244 g/mol. The Morgan fingerprint density at radius 1 is 1.60 bits per heavy atom. The summed E-state index contributed by atoms with van der Waals surface area (Å²) in [5.41, 5.74) is 1.01. The Labute approximate surface area is 99.6 Å². The Balaban J connectivity index is 2.97. The van der Waals surface area contributed by atoms with E-state index in [2.05, 4.69) is 21.8 Å². The predicted molar refractivity (Wildman–Crippen MR) is 69.1 cm³/mol. The minimum atomic E-state index is 0.508. The first-order valence-electron chi connectivity index (χ1n) is 4.62. The monoisotopic (exact) mass is 243 g/mol. The lowest BCUT2D eigenvalue weighted by Gasteiger charge is -2.22. The van der Waals surface area contributed by atoms with Crippen molar-refractivity contribution in [3.63, 3.8) is 0 Å². The highest BCUT2D eigenvalue weighted by Gasteiger charge is 2.10. The van der Waals surface area contributed by atoms with Crippen molar-refractivity contribution >= 4 is 34.2 Å². The van der Waals surface area contributed by atoms with Crippen LogP contribution < -0.4 is 4.90 Å². The van der Waals surface area contributed by atoms with Crippen LogP contribution in [-0.4, -0.2) is 30.0 Å². The van der Waals surface area contributed by atoms with E-state index in [0.717, 1.165) is 17.4 Å². The molecule has 1 rings (SSSR count). The molecule has 0 N–H and O–H groups in total. The van der Waals surface area contributed by atoms with Crippen molar-refractivity contribution in [2.45, 2.75) is 6.92 Å². The molecule has 1 heterocycles. The minimum absolute atomic E-state index is 0.508. The first-order valence-corrected chi connectivity index (χ1v) is 6.23. The number of aliphatic imine (C=N–C) groups is 1. The molecule has 15 heavy (non-hydrogen) atoms. The van der Waals surface area contributed by atoms with Gasteiger partial charge in [0.15, 0.2) is 5.17 Å². The van der Waals surface area contributed by atoms with E-state index >= 15 is 0 Å². The van der Waals surface area contributed by atoms with E-state index in [1.54, 1.807) is 31.1 Å². The molecule has 0 aliphatic heterocycles. The van der Waals surface area contributed by atoms with Crippen LogP contribution in [0.15, 0.2) is 23.3 Å². The van der Waals surface area contributed by atoms with E-state index in [4.69, 9.17) is 11.6 Å². The number of amidine groups is 1. The summed E-state index contributed by atoms with van der Waals surface area (Å²) in [6.07, 6.45) is 3.77. The van der Waals surface area contributed by atoms with Crippen LogP contribution in [0.2, 0.25) is 5.15 Å². The van der Waals surface area contributed by atoms with Gasteiger partial charge < -0.3 is 4.90 Å². The van der Waals surface area contributed by atoms with Crippen molar-refractivity contribution in [2.24, 2.45) is 4.99 Å². The SMILES string of the molecule is CCN(/C(=N/C)SC)c1ccc(Cl)nc1. The van der Waals surface area contributed by atoms with Crippen LogP contribution in [0.4, 0.5) is 5.69 Å². The largest absolute Gasteiger partial charge is 0.320 e. The van der Waals surface area contributed by atoms with E-state index in [1.165, 1.54) is 0 Å². The molecule has 0 aliphatic rings. The van der Waals surface area contributed by atoms with E-state index in [1.807, 2.05) is 12.3 Å². The molecule has 82 valence electrons. The molecule has 0 aliphatic carbocycles. The normalized spacial score (nSPS) is 11.6. The number of hydrogen-bond donors (Lipinski definition) is 0. The van der Waals surface area contributed by atoms with E-state index in [-0.39, 0.29) is 0 Å². The number of rotatable bonds is 2. The lowest BCUT2D eigenvalue weighted by Crippen LogP contribution is -2.28. The Bertz CT molecular complexity index is 337. The van der Waals surface area contributed by atoms with Crippen molar-refractivity contribution in [3.05, 3.63) is 23.5 Å². The van der Waals surface area contributed by atoms with Gasteiger partial charge in [0.1, 0.15) is 5.15 Å². The third kappa shape index (κ3) is 3.11. The minimum Gasteiger partial charge on any atom is -0.320 e. The van der Waals surface area contributed by atoms with Gasteiger partial charge in [-0.1, -0.05) is 23.4 Å². The van der Waals surface area contributed by atoms with Gasteiger partial charge in [-0.25, -0.2) is 4.98 Å². The summed E-state index contributed by atoms with van der Waals surface area (Å²) >= 11 is 7.36. The molecule has 5 heteroatoms. The van der Waals surface area contributed by atoms with Gasteiger partial charge in [-0.05, 0) is 25.3 Å². The molecule has 0 saturated carbocycles. The zero-order chi connectivity index (χ0) is 11.3. The third-order valence-corrected chi connectivity index (χ3v) is 2.94. The molecule has 0 unspecified atom stereocenters.